The first kappa shape index (κ1) is 20.1. The van der Waals surface area contributed by atoms with E-state index in [2.05, 4.69) is 0 Å². The molecule has 0 N–H and O–H groups in total. The summed E-state index contributed by atoms with van der Waals surface area (Å²) in [6.45, 7) is 3.24. The van der Waals surface area contributed by atoms with Gasteiger partial charge in [0.2, 0.25) is 0 Å². The largest absolute Gasteiger partial charge is 0.497 e. The molecule has 2 aliphatic rings. The highest BCUT2D eigenvalue weighted by atomic mass is 32.1. The molecule has 1 aromatic carbocycles. The van der Waals surface area contributed by atoms with E-state index < -0.39 is 0 Å². The predicted molar refractivity (Wildman–Crippen MR) is 119 cm³/mol. The molecule has 0 aliphatic carbocycles. The third-order valence-electron chi connectivity index (χ3n) is 6.42. The maximum Gasteiger partial charge on any atom is 0.264 e. The summed E-state index contributed by atoms with van der Waals surface area (Å²) in [5, 5.41) is 0.591. The Labute approximate surface area is 184 Å². The molecule has 1 atom stereocenters. The molecule has 0 spiro atoms. The Morgan fingerprint density at radius 2 is 2.03 bits per heavy atom. The van der Waals surface area contributed by atoms with Crippen LogP contribution in [0.15, 0.2) is 23.0 Å². The molecule has 4 heterocycles. The van der Waals surface area contributed by atoms with Crippen LogP contribution in [0.25, 0.3) is 10.2 Å². The SMILES string of the molecule is COc1ccc(OC)c(C2CCCN2C(=O)c2sc3nc4n(c(=O)c3c2C)CCC4)c1. The van der Waals surface area contributed by atoms with Gasteiger partial charge in [0.1, 0.15) is 22.2 Å². The van der Waals surface area contributed by atoms with Gasteiger partial charge < -0.3 is 14.4 Å². The first-order chi connectivity index (χ1) is 15.0. The van der Waals surface area contributed by atoms with E-state index in [4.69, 9.17) is 14.5 Å². The van der Waals surface area contributed by atoms with Gasteiger partial charge in [-0.25, -0.2) is 4.98 Å². The van der Waals surface area contributed by atoms with E-state index in [-0.39, 0.29) is 17.5 Å². The van der Waals surface area contributed by atoms with Crippen LogP contribution in [0, 0.1) is 6.92 Å². The van der Waals surface area contributed by atoms with Crippen molar-refractivity contribution in [2.75, 3.05) is 20.8 Å². The molecular formula is C23H25N3O4S. The number of rotatable bonds is 4. The Bertz CT molecular complexity index is 1250. The summed E-state index contributed by atoms with van der Waals surface area (Å²) >= 11 is 1.34. The number of methoxy groups -OCH3 is 2. The second-order valence-corrected chi connectivity index (χ2v) is 9.09. The number of carbonyl (C=O) groups is 1. The third kappa shape index (κ3) is 3.12. The van der Waals surface area contributed by atoms with Crippen molar-refractivity contribution in [3.05, 3.63) is 50.4 Å². The fraction of sp³-hybridized carbons (Fsp3) is 0.435. The lowest BCUT2D eigenvalue weighted by molar-refractivity contribution is 0.0738. The highest BCUT2D eigenvalue weighted by Crippen LogP contribution is 2.41. The minimum atomic E-state index is -0.0961. The fourth-order valence-electron chi connectivity index (χ4n) is 4.84. The molecule has 8 heteroatoms. The van der Waals surface area contributed by atoms with Crippen LogP contribution < -0.4 is 15.0 Å². The number of hydrogen-bond acceptors (Lipinski definition) is 6. The lowest BCUT2D eigenvalue weighted by Gasteiger charge is -2.26. The molecule has 3 aromatic rings. The normalized spacial score (nSPS) is 17.9. The van der Waals surface area contributed by atoms with E-state index in [1.165, 1.54) is 11.3 Å². The molecule has 0 bridgehead atoms. The molecule has 162 valence electrons. The number of aryl methyl sites for hydroxylation is 2. The summed E-state index contributed by atoms with van der Waals surface area (Å²) < 4.78 is 12.7. The zero-order valence-corrected chi connectivity index (χ0v) is 18.8. The van der Waals surface area contributed by atoms with Gasteiger partial charge in [0.05, 0.1) is 30.5 Å². The quantitative estimate of drug-likeness (QED) is 0.620. The first-order valence-electron chi connectivity index (χ1n) is 10.6. The number of likely N-dealkylation sites (tertiary alicyclic amines) is 1. The van der Waals surface area contributed by atoms with Crippen molar-refractivity contribution in [2.45, 2.75) is 45.2 Å². The molecule has 0 radical (unpaired) electrons. The van der Waals surface area contributed by atoms with E-state index >= 15 is 0 Å². The topological polar surface area (TPSA) is 73.7 Å². The molecule has 0 saturated carbocycles. The maximum absolute atomic E-state index is 13.7. The summed E-state index contributed by atoms with van der Waals surface area (Å²) in [6.07, 6.45) is 3.53. The molecule has 7 nitrogen and oxygen atoms in total. The summed E-state index contributed by atoms with van der Waals surface area (Å²) in [4.78, 5) is 34.6. The van der Waals surface area contributed by atoms with Gasteiger partial charge in [0.15, 0.2) is 0 Å². The molecular weight excluding hydrogens is 414 g/mol. The van der Waals surface area contributed by atoms with Gasteiger partial charge in [0.25, 0.3) is 11.5 Å². The molecule has 5 rings (SSSR count). The van der Waals surface area contributed by atoms with Crippen LogP contribution in [-0.2, 0) is 13.0 Å². The second kappa shape index (κ2) is 7.67. The highest BCUT2D eigenvalue weighted by molar-refractivity contribution is 7.20. The fourth-order valence-corrected chi connectivity index (χ4v) is 5.99. The minimum Gasteiger partial charge on any atom is -0.497 e. The van der Waals surface area contributed by atoms with Crippen LogP contribution in [0.4, 0.5) is 0 Å². The average molecular weight is 440 g/mol. The monoisotopic (exact) mass is 439 g/mol. The van der Waals surface area contributed by atoms with E-state index in [0.29, 0.717) is 28.2 Å². The molecule has 1 saturated heterocycles. The van der Waals surface area contributed by atoms with Crippen molar-refractivity contribution in [2.24, 2.45) is 0 Å². The average Bonchev–Trinajstić information content (AvgIpc) is 3.52. The summed E-state index contributed by atoms with van der Waals surface area (Å²) in [7, 11) is 3.27. The number of hydrogen-bond donors (Lipinski definition) is 0. The first-order valence-corrected chi connectivity index (χ1v) is 11.4. The summed E-state index contributed by atoms with van der Waals surface area (Å²) in [5.74, 6) is 2.27. The molecule has 1 unspecified atom stereocenters. The van der Waals surface area contributed by atoms with Gasteiger partial charge in [-0.3, -0.25) is 14.2 Å². The zero-order valence-electron chi connectivity index (χ0n) is 17.9. The number of carbonyl (C=O) groups excluding carboxylic acids is 1. The molecule has 2 aliphatic heterocycles. The Kier molecular flexibility index (Phi) is 4.97. The van der Waals surface area contributed by atoms with Crippen LogP contribution in [-0.4, -0.2) is 41.1 Å². The number of thiophene rings is 1. The van der Waals surface area contributed by atoms with Crippen molar-refractivity contribution in [1.29, 1.82) is 0 Å². The van der Waals surface area contributed by atoms with E-state index in [9.17, 15) is 9.59 Å². The molecule has 1 amide bonds. The highest BCUT2D eigenvalue weighted by Gasteiger charge is 2.35. The minimum absolute atomic E-state index is 0.0160. The van der Waals surface area contributed by atoms with E-state index in [1.54, 1.807) is 18.8 Å². The smallest absolute Gasteiger partial charge is 0.264 e. The van der Waals surface area contributed by atoms with E-state index in [0.717, 1.165) is 54.1 Å². The maximum atomic E-state index is 13.7. The lowest BCUT2D eigenvalue weighted by atomic mass is 10.0. The van der Waals surface area contributed by atoms with Crippen molar-refractivity contribution in [3.63, 3.8) is 0 Å². The summed E-state index contributed by atoms with van der Waals surface area (Å²) in [6, 6.07) is 5.59. The number of fused-ring (bicyclic) bond motifs is 2. The van der Waals surface area contributed by atoms with Crippen LogP contribution in [0.1, 0.15) is 51.9 Å². The molecule has 1 fully saturated rings. The standard InChI is InChI=1S/C23H25N3O4S/c1-13-19-21(24-18-7-5-11-26(18)22(19)27)31-20(13)23(28)25-10-4-6-16(25)15-12-14(29-2)8-9-17(15)30-3/h8-9,12,16H,4-7,10-11H2,1-3H3. The Morgan fingerprint density at radius 3 is 2.81 bits per heavy atom. The van der Waals surface area contributed by atoms with Gasteiger partial charge in [-0.2, -0.15) is 0 Å². The van der Waals surface area contributed by atoms with Crippen LogP contribution in [0.5, 0.6) is 11.5 Å². The van der Waals surface area contributed by atoms with Crippen molar-refractivity contribution in [1.82, 2.24) is 14.5 Å². The van der Waals surface area contributed by atoms with Gasteiger partial charge >= 0.3 is 0 Å². The lowest BCUT2D eigenvalue weighted by Crippen LogP contribution is -2.30. The third-order valence-corrected chi connectivity index (χ3v) is 7.59. The second-order valence-electron chi connectivity index (χ2n) is 8.09. The van der Waals surface area contributed by atoms with Gasteiger partial charge in [-0.1, -0.05) is 0 Å². The Hall–Kier alpha value is -2.87. The van der Waals surface area contributed by atoms with Crippen molar-refractivity contribution in [3.8, 4) is 11.5 Å². The van der Waals surface area contributed by atoms with Crippen LogP contribution in [0.3, 0.4) is 0 Å². The van der Waals surface area contributed by atoms with Gasteiger partial charge in [-0.05, 0) is 49.9 Å². The summed E-state index contributed by atoms with van der Waals surface area (Å²) in [5.41, 5.74) is 1.68. The Balaban J connectivity index is 1.56. The van der Waals surface area contributed by atoms with E-state index in [1.807, 2.05) is 30.0 Å². The number of benzene rings is 1. The van der Waals surface area contributed by atoms with Crippen LogP contribution in [0.2, 0.25) is 0 Å². The molecule has 31 heavy (non-hydrogen) atoms. The van der Waals surface area contributed by atoms with Gasteiger partial charge in [0, 0.05) is 25.1 Å². The predicted octanol–water partition coefficient (Wildman–Crippen LogP) is 3.71. The number of nitrogens with zero attached hydrogens (tertiary/aromatic N) is 3. The number of aromatic nitrogens is 2. The van der Waals surface area contributed by atoms with Crippen LogP contribution >= 0.6 is 11.3 Å². The van der Waals surface area contributed by atoms with Crippen molar-refractivity contribution >= 4 is 27.5 Å². The van der Waals surface area contributed by atoms with Crippen molar-refractivity contribution < 1.29 is 14.3 Å². The van der Waals surface area contributed by atoms with Gasteiger partial charge in [-0.15, -0.1) is 11.3 Å². The number of amides is 1. The molecule has 2 aromatic heterocycles. The Morgan fingerprint density at radius 1 is 1.19 bits per heavy atom. The zero-order chi connectivity index (χ0) is 21.7. The number of ether oxygens (including phenoxy) is 2.